The second-order valence-electron chi connectivity index (χ2n) is 5.19. The molecule has 1 saturated heterocycles. The maximum Gasteiger partial charge on any atom is 0.281 e. The van der Waals surface area contributed by atoms with Crippen LogP contribution in [0.15, 0.2) is 71.9 Å². The third-order valence-corrected chi connectivity index (χ3v) is 5.01. The Balaban J connectivity index is 1.68. The molecule has 5 heteroatoms. The summed E-state index contributed by atoms with van der Waals surface area (Å²) in [6.07, 6.45) is 1.67. The summed E-state index contributed by atoms with van der Waals surface area (Å²) in [5.41, 5.74) is 1.89. The highest BCUT2D eigenvalue weighted by Gasteiger charge is 2.47. The Morgan fingerprint density at radius 1 is 0.913 bits per heavy atom. The van der Waals surface area contributed by atoms with E-state index in [1.807, 2.05) is 36.4 Å². The Bertz CT molecular complexity index is 844. The fourth-order valence-corrected chi connectivity index (χ4v) is 3.76. The van der Waals surface area contributed by atoms with E-state index >= 15 is 0 Å². The van der Waals surface area contributed by atoms with Gasteiger partial charge >= 0.3 is 0 Å². The van der Waals surface area contributed by atoms with Crippen molar-refractivity contribution in [1.82, 2.24) is 0 Å². The van der Waals surface area contributed by atoms with Gasteiger partial charge in [0.25, 0.3) is 11.8 Å². The van der Waals surface area contributed by atoms with Crippen LogP contribution in [0.5, 0.6) is 0 Å². The molecule has 0 aromatic heterocycles. The smallest absolute Gasteiger partial charge is 0.272 e. The largest absolute Gasteiger partial charge is 0.281 e. The van der Waals surface area contributed by atoms with Gasteiger partial charge in [-0.15, -0.1) is 11.8 Å². The minimum absolute atomic E-state index is 0.230. The highest BCUT2D eigenvalue weighted by atomic mass is 32.2. The molecular formula is C18H12N2O2S. The highest BCUT2D eigenvalue weighted by molar-refractivity contribution is 8.10. The van der Waals surface area contributed by atoms with Crippen LogP contribution < -0.4 is 4.90 Å². The molecule has 1 atom stereocenters. The third-order valence-electron chi connectivity index (χ3n) is 3.75. The molecule has 0 aliphatic carbocycles. The van der Waals surface area contributed by atoms with Gasteiger partial charge < -0.3 is 0 Å². The lowest BCUT2D eigenvalue weighted by Gasteiger charge is -2.15. The van der Waals surface area contributed by atoms with Gasteiger partial charge in [-0.05, 0) is 17.7 Å². The molecule has 2 aromatic carbocycles. The number of benzene rings is 2. The zero-order valence-electron chi connectivity index (χ0n) is 12.0. The monoisotopic (exact) mass is 320 g/mol. The van der Waals surface area contributed by atoms with Crippen molar-refractivity contribution < 1.29 is 9.59 Å². The molecule has 0 bridgehead atoms. The molecule has 2 aliphatic heterocycles. The molecule has 1 unspecified atom stereocenters. The minimum atomic E-state index is -0.567. The standard InChI is InChI=1S/C18H12N2O2S/c21-17-15-16(18(22)20(17)13-9-5-2-6-10-13)23-14(11-19-15)12-7-3-1-4-8-12/h1-11,16H. The molecule has 2 aromatic rings. The Morgan fingerprint density at radius 3 is 2.26 bits per heavy atom. The first-order valence-electron chi connectivity index (χ1n) is 7.19. The quantitative estimate of drug-likeness (QED) is 0.799. The molecule has 4 rings (SSSR count). The first-order chi connectivity index (χ1) is 11.3. The van der Waals surface area contributed by atoms with Crippen LogP contribution in [0.1, 0.15) is 5.56 Å². The van der Waals surface area contributed by atoms with E-state index < -0.39 is 5.25 Å². The van der Waals surface area contributed by atoms with Crippen molar-refractivity contribution >= 4 is 39.9 Å². The molecule has 0 saturated carbocycles. The van der Waals surface area contributed by atoms with Gasteiger partial charge in [0, 0.05) is 11.1 Å². The first-order valence-corrected chi connectivity index (χ1v) is 8.07. The number of para-hydroxylation sites is 1. The summed E-state index contributed by atoms with van der Waals surface area (Å²) in [7, 11) is 0. The van der Waals surface area contributed by atoms with Gasteiger partial charge in [0.2, 0.25) is 0 Å². The summed E-state index contributed by atoms with van der Waals surface area (Å²) in [6, 6.07) is 18.7. The van der Waals surface area contributed by atoms with E-state index in [9.17, 15) is 9.59 Å². The van der Waals surface area contributed by atoms with Crippen molar-refractivity contribution in [3.8, 4) is 0 Å². The van der Waals surface area contributed by atoms with Gasteiger partial charge in [0.1, 0.15) is 11.0 Å². The molecular weight excluding hydrogens is 308 g/mol. The number of rotatable bonds is 2. The van der Waals surface area contributed by atoms with Crippen LogP contribution >= 0.6 is 11.8 Å². The topological polar surface area (TPSA) is 49.7 Å². The number of carbonyl (C=O) groups is 2. The zero-order valence-corrected chi connectivity index (χ0v) is 12.9. The SMILES string of the molecule is O=C1C2=NC=C(c3ccccc3)SC2C(=O)N1c1ccccc1. The summed E-state index contributed by atoms with van der Waals surface area (Å²) < 4.78 is 0. The molecule has 0 radical (unpaired) electrons. The maximum absolute atomic E-state index is 12.7. The number of amides is 2. The van der Waals surface area contributed by atoms with Gasteiger partial charge in [-0.2, -0.15) is 0 Å². The van der Waals surface area contributed by atoms with E-state index in [0.717, 1.165) is 10.5 Å². The molecule has 1 fully saturated rings. The van der Waals surface area contributed by atoms with Crippen LogP contribution in [0.2, 0.25) is 0 Å². The lowest BCUT2D eigenvalue weighted by atomic mass is 10.2. The predicted molar refractivity (Wildman–Crippen MR) is 92.2 cm³/mol. The molecule has 2 heterocycles. The van der Waals surface area contributed by atoms with Crippen LogP contribution in [0.3, 0.4) is 0 Å². The number of aliphatic imine (C=N–C) groups is 1. The fourth-order valence-electron chi connectivity index (χ4n) is 2.64. The highest BCUT2D eigenvalue weighted by Crippen LogP contribution is 2.39. The van der Waals surface area contributed by atoms with Crippen molar-refractivity contribution in [3.05, 3.63) is 72.4 Å². The van der Waals surface area contributed by atoms with Crippen molar-refractivity contribution in [1.29, 1.82) is 0 Å². The van der Waals surface area contributed by atoms with Crippen LogP contribution in [0.25, 0.3) is 4.91 Å². The molecule has 23 heavy (non-hydrogen) atoms. The van der Waals surface area contributed by atoms with Crippen LogP contribution in [0.4, 0.5) is 5.69 Å². The van der Waals surface area contributed by atoms with Gasteiger partial charge in [0.15, 0.2) is 0 Å². The van der Waals surface area contributed by atoms with Gasteiger partial charge in [-0.25, -0.2) is 4.90 Å². The fraction of sp³-hybridized carbons (Fsp3) is 0.0556. The van der Waals surface area contributed by atoms with E-state index in [4.69, 9.17) is 0 Å². The Kier molecular flexibility index (Phi) is 3.35. The van der Waals surface area contributed by atoms with E-state index in [-0.39, 0.29) is 11.8 Å². The summed E-state index contributed by atoms with van der Waals surface area (Å²) in [5.74, 6) is -0.562. The van der Waals surface area contributed by atoms with E-state index in [2.05, 4.69) is 4.99 Å². The Morgan fingerprint density at radius 2 is 1.57 bits per heavy atom. The van der Waals surface area contributed by atoms with Crippen LogP contribution in [-0.4, -0.2) is 22.8 Å². The van der Waals surface area contributed by atoms with Gasteiger partial charge in [-0.1, -0.05) is 48.5 Å². The van der Waals surface area contributed by atoms with Crippen molar-refractivity contribution in [2.75, 3.05) is 4.90 Å². The second kappa shape index (κ2) is 5.52. The molecule has 4 nitrogen and oxygen atoms in total. The molecule has 0 N–H and O–H groups in total. The number of anilines is 1. The van der Waals surface area contributed by atoms with Crippen LogP contribution in [0, 0.1) is 0 Å². The van der Waals surface area contributed by atoms with E-state index in [1.54, 1.807) is 30.5 Å². The third kappa shape index (κ3) is 2.29. The Labute approximate surface area is 137 Å². The number of thioether (sulfide) groups is 1. The van der Waals surface area contributed by atoms with E-state index in [1.165, 1.54) is 16.7 Å². The number of hydrogen-bond donors (Lipinski definition) is 0. The Hall–Kier alpha value is -2.66. The van der Waals surface area contributed by atoms with Crippen molar-refractivity contribution in [2.24, 2.45) is 4.99 Å². The molecule has 2 amide bonds. The van der Waals surface area contributed by atoms with Gasteiger partial charge in [-0.3, -0.25) is 14.6 Å². The minimum Gasteiger partial charge on any atom is -0.272 e. The first kappa shape index (κ1) is 14.0. The molecule has 112 valence electrons. The summed E-state index contributed by atoms with van der Waals surface area (Å²) in [6.45, 7) is 0. The summed E-state index contributed by atoms with van der Waals surface area (Å²) in [5, 5.41) is -0.567. The lowest BCUT2D eigenvalue weighted by Crippen LogP contribution is -2.31. The molecule has 0 spiro atoms. The second-order valence-corrected chi connectivity index (χ2v) is 6.33. The lowest BCUT2D eigenvalue weighted by molar-refractivity contribution is -0.120. The average Bonchev–Trinajstić information content (AvgIpc) is 2.87. The van der Waals surface area contributed by atoms with Crippen molar-refractivity contribution in [3.63, 3.8) is 0 Å². The van der Waals surface area contributed by atoms with Gasteiger partial charge in [0.05, 0.1) is 5.69 Å². The summed E-state index contributed by atoms with van der Waals surface area (Å²) >= 11 is 1.38. The van der Waals surface area contributed by atoms with Crippen molar-refractivity contribution in [2.45, 2.75) is 5.25 Å². The maximum atomic E-state index is 12.7. The number of hydrogen-bond acceptors (Lipinski definition) is 4. The number of carbonyl (C=O) groups excluding carboxylic acids is 2. The normalized spacial score (nSPS) is 20.2. The molecule has 2 aliphatic rings. The van der Waals surface area contributed by atoms with E-state index in [0.29, 0.717) is 11.4 Å². The number of imide groups is 1. The average molecular weight is 320 g/mol. The number of fused-ring (bicyclic) bond motifs is 1. The summed E-state index contributed by atoms with van der Waals surface area (Å²) in [4.78, 5) is 31.6. The van der Waals surface area contributed by atoms with Crippen LogP contribution in [-0.2, 0) is 9.59 Å². The zero-order chi connectivity index (χ0) is 15.8. The number of nitrogens with zero attached hydrogens (tertiary/aromatic N) is 2. The predicted octanol–water partition coefficient (Wildman–Crippen LogP) is 3.11.